The van der Waals surface area contributed by atoms with E-state index in [-0.39, 0.29) is 6.04 Å². The summed E-state index contributed by atoms with van der Waals surface area (Å²) in [4.78, 5) is 18.7. The number of carbonyl (C=O) groups is 1. The number of carbonyl (C=O) groups excluding carboxylic acids is 1. The number of hydrogen-bond acceptors (Lipinski definition) is 5. The van der Waals surface area contributed by atoms with Gasteiger partial charge in [0.1, 0.15) is 12.0 Å². The summed E-state index contributed by atoms with van der Waals surface area (Å²) in [6.07, 6.45) is 6.85. The first-order valence-electron chi connectivity index (χ1n) is 7.81. The van der Waals surface area contributed by atoms with Crippen LogP contribution in [-0.4, -0.2) is 22.7 Å². The van der Waals surface area contributed by atoms with Gasteiger partial charge in [0, 0.05) is 12.7 Å². The molecule has 1 unspecified atom stereocenters. The average Bonchev–Trinajstić information content (AvgIpc) is 3.30. The van der Waals surface area contributed by atoms with Crippen molar-refractivity contribution in [2.45, 2.75) is 12.5 Å². The van der Waals surface area contributed by atoms with Crippen molar-refractivity contribution < 1.29 is 9.21 Å². The van der Waals surface area contributed by atoms with E-state index in [4.69, 9.17) is 4.42 Å². The minimum absolute atomic E-state index is 0.0162. The highest BCUT2D eigenvalue weighted by Crippen LogP contribution is 2.40. The van der Waals surface area contributed by atoms with E-state index in [0.29, 0.717) is 0 Å². The topological polar surface area (TPSA) is 46.3 Å². The quantitative estimate of drug-likeness (QED) is 0.532. The molecule has 5 heteroatoms. The van der Waals surface area contributed by atoms with Gasteiger partial charge < -0.3 is 9.32 Å². The summed E-state index contributed by atoms with van der Waals surface area (Å²) in [6.45, 7) is 0.848. The van der Waals surface area contributed by atoms with Gasteiger partial charge in [0.25, 0.3) is 0 Å². The van der Waals surface area contributed by atoms with Crippen molar-refractivity contribution in [3.05, 3.63) is 77.3 Å². The van der Waals surface area contributed by atoms with Crippen molar-refractivity contribution in [1.29, 1.82) is 0 Å². The summed E-state index contributed by atoms with van der Waals surface area (Å²) >= 11 is 1.58. The van der Waals surface area contributed by atoms with Crippen molar-refractivity contribution in [2.24, 2.45) is 0 Å². The molecule has 0 fully saturated rings. The van der Waals surface area contributed by atoms with Crippen LogP contribution in [0.15, 0.2) is 64.9 Å². The van der Waals surface area contributed by atoms with Gasteiger partial charge in [0.15, 0.2) is 0 Å². The van der Waals surface area contributed by atoms with Crippen LogP contribution in [0.3, 0.4) is 0 Å². The zero-order valence-corrected chi connectivity index (χ0v) is 13.8. The van der Waals surface area contributed by atoms with E-state index < -0.39 is 0 Å². The van der Waals surface area contributed by atoms with Gasteiger partial charge in [-0.15, -0.1) is 11.3 Å². The maximum Gasteiger partial charge on any atom is 0.145 e. The molecule has 0 spiro atoms. The highest BCUT2D eigenvalue weighted by Gasteiger charge is 2.31. The second-order valence-electron chi connectivity index (χ2n) is 5.61. The van der Waals surface area contributed by atoms with Gasteiger partial charge in [-0.05, 0) is 35.8 Å². The molecule has 1 aromatic carbocycles. The van der Waals surface area contributed by atoms with Gasteiger partial charge in [-0.2, -0.15) is 0 Å². The molecule has 3 aromatic rings. The van der Waals surface area contributed by atoms with Crippen LogP contribution in [0.5, 0.6) is 0 Å². The molecule has 0 bridgehead atoms. The van der Waals surface area contributed by atoms with Gasteiger partial charge in [-0.25, -0.2) is 4.98 Å². The number of rotatable bonds is 4. The Morgan fingerprint density at radius 1 is 1.25 bits per heavy atom. The number of fused-ring (bicyclic) bond motifs is 1. The molecular weight excluding hydrogens is 320 g/mol. The lowest BCUT2D eigenvalue weighted by atomic mass is 9.90. The van der Waals surface area contributed by atoms with Crippen LogP contribution >= 0.6 is 11.3 Å². The van der Waals surface area contributed by atoms with Crippen LogP contribution in [-0.2, 0) is 11.2 Å². The first-order valence-corrected chi connectivity index (χ1v) is 8.69. The van der Waals surface area contributed by atoms with Crippen LogP contribution in [0.1, 0.15) is 22.9 Å². The predicted molar refractivity (Wildman–Crippen MR) is 93.7 cm³/mol. The second kappa shape index (κ2) is 6.45. The Morgan fingerprint density at radius 2 is 2.17 bits per heavy atom. The van der Waals surface area contributed by atoms with Crippen LogP contribution < -0.4 is 0 Å². The number of aldehydes is 1. The van der Waals surface area contributed by atoms with Gasteiger partial charge >= 0.3 is 0 Å². The maximum atomic E-state index is 10.8. The number of furan rings is 1. The molecule has 4 rings (SSSR count). The van der Waals surface area contributed by atoms with Crippen molar-refractivity contribution in [2.75, 3.05) is 6.54 Å². The van der Waals surface area contributed by atoms with Gasteiger partial charge in [0.05, 0.1) is 28.4 Å². The highest BCUT2D eigenvalue weighted by atomic mass is 32.1. The lowest BCUT2D eigenvalue weighted by Crippen LogP contribution is -2.32. The minimum atomic E-state index is -0.0162. The Balaban J connectivity index is 1.85. The van der Waals surface area contributed by atoms with E-state index in [0.717, 1.165) is 35.6 Å². The summed E-state index contributed by atoms with van der Waals surface area (Å²) in [5.74, 6) is 0.829. The molecule has 120 valence electrons. The van der Waals surface area contributed by atoms with Crippen molar-refractivity contribution in [3.63, 3.8) is 0 Å². The van der Waals surface area contributed by atoms with E-state index in [2.05, 4.69) is 34.1 Å². The molecule has 2 aromatic heterocycles. The zero-order chi connectivity index (χ0) is 16.4. The molecule has 0 saturated heterocycles. The van der Waals surface area contributed by atoms with E-state index >= 15 is 0 Å². The average molecular weight is 336 g/mol. The Kier molecular flexibility index (Phi) is 4.01. The maximum absolute atomic E-state index is 10.8. The Bertz CT molecular complexity index is 867. The normalized spacial score (nSPS) is 17.2. The molecule has 4 nitrogen and oxygen atoms in total. The standard InChI is InChI=1S/C19H16N2O2S/c22-11-4-9-21-10-8-14-5-1-2-6-15(14)18(21)17-19(24-13-20-17)16-7-3-12-23-16/h1-7,9,11-13,18H,8,10H2. The molecule has 0 N–H and O–H groups in total. The molecular formula is C19H16N2O2S. The molecule has 0 amide bonds. The van der Waals surface area contributed by atoms with Crippen LogP contribution in [0.4, 0.5) is 0 Å². The highest BCUT2D eigenvalue weighted by molar-refractivity contribution is 7.13. The number of thiazole rings is 1. The SMILES string of the molecule is O=CC=CN1CCc2ccccc2C1c1ncsc1-c1ccco1. The van der Waals surface area contributed by atoms with E-state index in [1.807, 2.05) is 23.8 Å². The molecule has 3 heterocycles. The van der Waals surface area contributed by atoms with Crippen molar-refractivity contribution >= 4 is 17.6 Å². The molecule has 1 aliphatic heterocycles. The van der Waals surface area contributed by atoms with Crippen molar-refractivity contribution in [3.8, 4) is 10.6 Å². The Hall–Kier alpha value is -2.66. The Morgan fingerprint density at radius 3 is 3.00 bits per heavy atom. The summed E-state index contributed by atoms with van der Waals surface area (Å²) in [7, 11) is 0. The minimum Gasteiger partial charge on any atom is -0.463 e. The zero-order valence-electron chi connectivity index (χ0n) is 13.0. The van der Waals surface area contributed by atoms with E-state index in [1.165, 1.54) is 11.1 Å². The third-order valence-electron chi connectivity index (χ3n) is 4.28. The summed E-state index contributed by atoms with van der Waals surface area (Å²) < 4.78 is 5.59. The third kappa shape index (κ3) is 2.57. The third-order valence-corrected chi connectivity index (χ3v) is 5.13. The van der Waals surface area contributed by atoms with Crippen molar-refractivity contribution in [1.82, 2.24) is 9.88 Å². The fourth-order valence-corrected chi connectivity index (χ4v) is 4.03. The monoisotopic (exact) mass is 336 g/mol. The summed E-state index contributed by atoms with van der Waals surface area (Å²) in [6, 6.07) is 12.3. The number of aromatic nitrogens is 1. The first-order chi connectivity index (χ1) is 11.9. The summed E-state index contributed by atoms with van der Waals surface area (Å²) in [5, 5.41) is 0. The first kappa shape index (κ1) is 14.9. The fraction of sp³-hybridized carbons (Fsp3) is 0.158. The number of allylic oxidation sites excluding steroid dienone is 1. The smallest absolute Gasteiger partial charge is 0.145 e. The summed E-state index contributed by atoms with van der Waals surface area (Å²) in [5.41, 5.74) is 5.39. The molecule has 0 aliphatic carbocycles. The molecule has 24 heavy (non-hydrogen) atoms. The molecule has 0 saturated carbocycles. The molecule has 0 radical (unpaired) electrons. The van der Waals surface area contributed by atoms with Gasteiger partial charge in [0.2, 0.25) is 0 Å². The lowest BCUT2D eigenvalue weighted by Gasteiger charge is -2.36. The second-order valence-corrected chi connectivity index (χ2v) is 6.47. The van der Waals surface area contributed by atoms with E-state index in [9.17, 15) is 4.79 Å². The van der Waals surface area contributed by atoms with Crippen LogP contribution in [0.2, 0.25) is 0 Å². The fourth-order valence-electron chi connectivity index (χ4n) is 3.24. The lowest BCUT2D eigenvalue weighted by molar-refractivity contribution is -0.104. The number of nitrogens with zero attached hydrogens (tertiary/aromatic N) is 2. The molecule has 1 atom stereocenters. The number of hydrogen-bond donors (Lipinski definition) is 0. The van der Waals surface area contributed by atoms with E-state index in [1.54, 1.807) is 23.7 Å². The Labute approximate surface area is 144 Å². The largest absolute Gasteiger partial charge is 0.463 e. The molecule has 1 aliphatic rings. The van der Waals surface area contributed by atoms with Gasteiger partial charge in [-0.3, -0.25) is 4.79 Å². The number of benzene rings is 1. The van der Waals surface area contributed by atoms with Crippen LogP contribution in [0, 0.1) is 0 Å². The predicted octanol–water partition coefficient (Wildman–Crippen LogP) is 4.06. The van der Waals surface area contributed by atoms with Gasteiger partial charge in [-0.1, -0.05) is 24.3 Å². The van der Waals surface area contributed by atoms with Crippen LogP contribution in [0.25, 0.3) is 10.6 Å².